The minimum atomic E-state index is -2.90. The fourth-order valence-electron chi connectivity index (χ4n) is 2.67. The monoisotopic (exact) mass is 385 g/mol. The van der Waals surface area contributed by atoms with E-state index in [9.17, 15) is 13.6 Å². The van der Waals surface area contributed by atoms with Gasteiger partial charge in [0.15, 0.2) is 11.6 Å². The van der Waals surface area contributed by atoms with Gasteiger partial charge in [-0.05, 0) is 34.9 Å². The van der Waals surface area contributed by atoms with Crippen LogP contribution in [0, 0.1) is 0 Å². The second-order valence-corrected chi connectivity index (χ2v) is 5.95. The normalized spacial score (nSPS) is 10.8. The maximum atomic E-state index is 12.5. The SMILES string of the molecule is COc1ncc(Cc2cnc(C(C)=O)nc2)cc1-c1cccc(OC(F)F)c1. The van der Waals surface area contributed by atoms with Crippen LogP contribution in [-0.4, -0.2) is 34.5 Å². The Morgan fingerprint density at radius 1 is 1.07 bits per heavy atom. The molecule has 0 aliphatic rings. The van der Waals surface area contributed by atoms with Crippen LogP contribution in [0.2, 0.25) is 0 Å². The zero-order valence-corrected chi connectivity index (χ0v) is 15.2. The van der Waals surface area contributed by atoms with E-state index in [1.165, 1.54) is 26.2 Å². The number of methoxy groups -OCH3 is 1. The summed E-state index contributed by atoms with van der Waals surface area (Å²) in [6.07, 6.45) is 5.31. The third kappa shape index (κ3) is 4.64. The average Bonchev–Trinajstić information content (AvgIpc) is 2.68. The second-order valence-electron chi connectivity index (χ2n) is 5.95. The van der Waals surface area contributed by atoms with Crippen molar-refractivity contribution in [3.63, 3.8) is 0 Å². The molecule has 0 bridgehead atoms. The zero-order valence-electron chi connectivity index (χ0n) is 15.2. The first-order chi connectivity index (χ1) is 13.5. The number of hydrogen-bond donors (Lipinski definition) is 0. The highest BCUT2D eigenvalue weighted by molar-refractivity contribution is 5.90. The van der Waals surface area contributed by atoms with Crippen molar-refractivity contribution < 1.29 is 23.0 Å². The van der Waals surface area contributed by atoms with Gasteiger partial charge >= 0.3 is 6.61 Å². The molecule has 0 aliphatic carbocycles. The van der Waals surface area contributed by atoms with Crippen LogP contribution in [0.3, 0.4) is 0 Å². The van der Waals surface area contributed by atoms with Crippen molar-refractivity contribution in [2.45, 2.75) is 20.0 Å². The van der Waals surface area contributed by atoms with Gasteiger partial charge < -0.3 is 9.47 Å². The van der Waals surface area contributed by atoms with Crippen molar-refractivity contribution in [2.24, 2.45) is 0 Å². The molecule has 0 N–H and O–H groups in total. The lowest BCUT2D eigenvalue weighted by molar-refractivity contribution is -0.0498. The van der Waals surface area contributed by atoms with Crippen molar-refractivity contribution in [3.05, 3.63) is 65.9 Å². The van der Waals surface area contributed by atoms with Gasteiger partial charge in [0.1, 0.15) is 5.75 Å². The highest BCUT2D eigenvalue weighted by Crippen LogP contribution is 2.32. The molecule has 0 amide bonds. The number of Topliss-reactive ketones (excluding diaryl/α,β-unsaturated/α-hetero) is 1. The third-order valence-electron chi connectivity index (χ3n) is 3.90. The maximum absolute atomic E-state index is 12.5. The number of ketones is 1. The number of alkyl halides is 2. The number of ether oxygens (including phenoxy) is 2. The minimum Gasteiger partial charge on any atom is -0.481 e. The lowest BCUT2D eigenvalue weighted by Crippen LogP contribution is -2.03. The summed E-state index contributed by atoms with van der Waals surface area (Å²) in [6.45, 7) is -1.50. The van der Waals surface area contributed by atoms with Gasteiger partial charge in [-0.25, -0.2) is 15.0 Å². The summed E-state index contributed by atoms with van der Waals surface area (Å²) in [6, 6.07) is 8.18. The summed E-state index contributed by atoms with van der Waals surface area (Å²) in [5.74, 6) is 0.369. The number of hydrogen-bond acceptors (Lipinski definition) is 6. The average molecular weight is 385 g/mol. The standard InChI is InChI=1S/C20H17F2N3O3/c1-12(26)18-23-10-14(11-24-18)6-13-7-17(19(27-2)25-9-13)15-4-3-5-16(8-15)28-20(21)22/h3-5,7-11,20H,6H2,1-2H3. The van der Waals surface area contributed by atoms with Crippen LogP contribution >= 0.6 is 0 Å². The molecule has 144 valence electrons. The van der Waals surface area contributed by atoms with E-state index in [4.69, 9.17) is 4.74 Å². The largest absolute Gasteiger partial charge is 0.481 e. The first-order valence-electron chi connectivity index (χ1n) is 8.36. The van der Waals surface area contributed by atoms with E-state index in [1.54, 1.807) is 30.7 Å². The van der Waals surface area contributed by atoms with E-state index in [0.717, 1.165) is 11.1 Å². The predicted octanol–water partition coefficient (Wildman–Crippen LogP) is 3.94. The van der Waals surface area contributed by atoms with Crippen LogP contribution < -0.4 is 9.47 Å². The molecule has 2 heterocycles. The minimum absolute atomic E-state index is 0.0492. The molecule has 0 fully saturated rings. The summed E-state index contributed by atoms with van der Waals surface area (Å²) >= 11 is 0. The van der Waals surface area contributed by atoms with Gasteiger partial charge in [-0.15, -0.1) is 0 Å². The first-order valence-corrected chi connectivity index (χ1v) is 8.36. The van der Waals surface area contributed by atoms with Crippen molar-refractivity contribution in [2.75, 3.05) is 7.11 Å². The number of halogens is 2. The van der Waals surface area contributed by atoms with E-state index in [0.29, 0.717) is 23.4 Å². The van der Waals surface area contributed by atoms with Crippen molar-refractivity contribution in [3.8, 4) is 22.8 Å². The molecule has 3 aromatic rings. The number of pyridine rings is 1. The van der Waals surface area contributed by atoms with Gasteiger partial charge in [-0.2, -0.15) is 8.78 Å². The summed E-state index contributed by atoms with van der Waals surface area (Å²) < 4.78 is 34.8. The van der Waals surface area contributed by atoms with E-state index < -0.39 is 6.61 Å². The number of nitrogens with zero attached hydrogens (tertiary/aromatic N) is 3. The summed E-state index contributed by atoms with van der Waals surface area (Å²) in [5, 5.41) is 0. The van der Waals surface area contributed by atoms with Gasteiger partial charge in [0.2, 0.25) is 5.88 Å². The Kier molecular flexibility index (Phi) is 5.88. The van der Waals surface area contributed by atoms with Crippen molar-refractivity contribution in [1.82, 2.24) is 15.0 Å². The highest BCUT2D eigenvalue weighted by Gasteiger charge is 2.12. The lowest BCUT2D eigenvalue weighted by Gasteiger charge is -2.12. The Morgan fingerprint density at radius 2 is 1.79 bits per heavy atom. The predicted molar refractivity (Wildman–Crippen MR) is 97.7 cm³/mol. The summed E-state index contributed by atoms with van der Waals surface area (Å²) in [7, 11) is 1.49. The molecule has 6 nitrogen and oxygen atoms in total. The number of rotatable bonds is 7. The Balaban J connectivity index is 1.91. The number of benzene rings is 1. The molecule has 0 saturated heterocycles. The zero-order chi connectivity index (χ0) is 20.1. The van der Waals surface area contributed by atoms with Gasteiger partial charge in [-0.1, -0.05) is 12.1 Å². The molecule has 0 aliphatic heterocycles. The number of carbonyl (C=O) groups excluding carboxylic acids is 1. The molecular formula is C20H17F2N3O3. The van der Waals surface area contributed by atoms with Gasteiger partial charge in [-0.3, -0.25) is 4.79 Å². The molecule has 1 aromatic carbocycles. The Morgan fingerprint density at radius 3 is 2.43 bits per heavy atom. The Bertz CT molecular complexity index is 979. The van der Waals surface area contributed by atoms with Crippen LogP contribution in [0.15, 0.2) is 48.9 Å². The molecule has 8 heteroatoms. The van der Waals surface area contributed by atoms with Crippen molar-refractivity contribution in [1.29, 1.82) is 0 Å². The van der Waals surface area contributed by atoms with E-state index in [1.807, 2.05) is 6.07 Å². The van der Waals surface area contributed by atoms with Gasteiger partial charge in [0, 0.05) is 37.5 Å². The molecule has 0 radical (unpaired) electrons. The third-order valence-corrected chi connectivity index (χ3v) is 3.90. The molecule has 0 atom stereocenters. The topological polar surface area (TPSA) is 74.2 Å². The second kappa shape index (κ2) is 8.51. The van der Waals surface area contributed by atoms with Crippen LogP contribution in [0.1, 0.15) is 28.7 Å². The molecule has 28 heavy (non-hydrogen) atoms. The van der Waals surface area contributed by atoms with E-state index in [2.05, 4.69) is 19.7 Å². The van der Waals surface area contributed by atoms with Crippen molar-refractivity contribution >= 4 is 5.78 Å². The highest BCUT2D eigenvalue weighted by atomic mass is 19.3. The molecule has 0 saturated carbocycles. The van der Waals surface area contributed by atoms with Crippen LogP contribution in [-0.2, 0) is 6.42 Å². The molecule has 0 unspecified atom stereocenters. The Labute approximate surface area is 160 Å². The smallest absolute Gasteiger partial charge is 0.387 e. The lowest BCUT2D eigenvalue weighted by atomic mass is 10.0. The van der Waals surface area contributed by atoms with Crippen LogP contribution in [0.5, 0.6) is 11.6 Å². The maximum Gasteiger partial charge on any atom is 0.387 e. The fourth-order valence-corrected chi connectivity index (χ4v) is 2.67. The van der Waals surface area contributed by atoms with E-state index >= 15 is 0 Å². The summed E-state index contributed by atoms with van der Waals surface area (Å²) in [5.41, 5.74) is 2.92. The fraction of sp³-hybridized carbons (Fsp3) is 0.200. The van der Waals surface area contributed by atoms with Crippen LogP contribution in [0.25, 0.3) is 11.1 Å². The van der Waals surface area contributed by atoms with E-state index in [-0.39, 0.29) is 17.4 Å². The molecule has 3 rings (SSSR count). The van der Waals surface area contributed by atoms with Crippen LogP contribution in [0.4, 0.5) is 8.78 Å². The number of aromatic nitrogens is 3. The molecule has 0 spiro atoms. The quantitative estimate of drug-likeness (QED) is 0.574. The number of carbonyl (C=O) groups is 1. The molecule has 2 aromatic heterocycles. The Hall–Kier alpha value is -3.42. The first kappa shape index (κ1) is 19.3. The van der Waals surface area contributed by atoms with Gasteiger partial charge in [0.05, 0.1) is 7.11 Å². The summed E-state index contributed by atoms with van der Waals surface area (Å²) in [4.78, 5) is 23.6. The van der Waals surface area contributed by atoms with Gasteiger partial charge in [0.25, 0.3) is 0 Å². The molecular weight excluding hydrogens is 368 g/mol.